The molecule has 0 aliphatic heterocycles. The number of esters is 1. The highest BCUT2D eigenvalue weighted by Crippen LogP contribution is 2.35. The smallest absolute Gasteiger partial charge is 0.433 e. The van der Waals surface area contributed by atoms with E-state index in [2.05, 4.69) is 9.84 Å². The van der Waals surface area contributed by atoms with E-state index in [0.717, 1.165) is 14.2 Å². The van der Waals surface area contributed by atoms with E-state index in [1.165, 1.54) is 0 Å². The van der Waals surface area contributed by atoms with E-state index >= 15 is 0 Å². The molecule has 9 heteroatoms. The zero-order valence-electron chi connectivity index (χ0n) is 9.34. The van der Waals surface area contributed by atoms with Crippen molar-refractivity contribution >= 4 is 23.4 Å². The number of ketones is 1. The van der Waals surface area contributed by atoms with Crippen LogP contribution in [0.25, 0.3) is 0 Å². The van der Waals surface area contributed by atoms with Gasteiger partial charge in [-0.05, 0) is 0 Å². The largest absolute Gasteiger partial charge is 0.469 e. The molecule has 100 valence electrons. The maximum absolute atomic E-state index is 12.7. The molecule has 0 radical (unpaired) electrons. The van der Waals surface area contributed by atoms with Crippen molar-refractivity contribution in [1.29, 1.82) is 0 Å². The standard InChI is InChI=1S/C9H8ClF3N2O3/c1-15-7(9(11,12)13)6(8(10)14-15)4(16)3-5(17)18-2/h3H2,1-2H3. The zero-order chi connectivity index (χ0) is 14.1. The van der Waals surface area contributed by atoms with Crippen LogP contribution in [0.2, 0.25) is 5.15 Å². The molecule has 0 bridgehead atoms. The van der Waals surface area contributed by atoms with Gasteiger partial charge in [-0.2, -0.15) is 18.3 Å². The highest BCUT2D eigenvalue weighted by atomic mass is 35.5. The number of carbonyl (C=O) groups excluding carboxylic acids is 2. The maximum Gasteiger partial charge on any atom is 0.433 e. The van der Waals surface area contributed by atoms with Gasteiger partial charge in [-0.3, -0.25) is 14.3 Å². The van der Waals surface area contributed by atoms with Crippen LogP contribution in [0.15, 0.2) is 0 Å². The Balaban J connectivity index is 3.24. The van der Waals surface area contributed by atoms with E-state index in [-0.39, 0.29) is 0 Å². The summed E-state index contributed by atoms with van der Waals surface area (Å²) in [4.78, 5) is 22.5. The number of hydrogen-bond acceptors (Lipinski definition) is 4. The lowest BCUT2D eigenvalue weighted by Crippen LogP contribution is -2.18. The first-order valence-corrected chi connectivity index (χ1v) is 4.96. The summed E-state index contributed by atoms with van der Waals surface area (Å²) in [6, 6.07) is 0. The third-order valence-electron chi connectivity index (χ3n) is 2.08. The Bertz CT molecular complexity index is 496. The number of alkyl halides is 3. The molecule has 0 saturated heterocycles. The van der Waals surface area contributed by atoms with Gasteiger partial charge in [-0.1, -0.05) is 11.6 Å². The average molecular weight is 285 g/mol. The molecule has 0 fully saturated rings. The third-order valence-corrected chi connectivity index (χ3v) is 2.35. The Morgan fingerprint density at radius 3 is 2.44 bits per heavy atom. The maximum atomic E-state index is 12.7. The molecule has 0 atom stereocenters. The second kappa shape index (κ2) is 4.97. The SMILES string of the molecule is COC(=O)CC(=O)c1c(Cl)nn(C)c1C(F)(F)F. The molecule has 0 aliphatic rings. The van der Waals surface area contributed by atoms with Crippen molar-refractivity contribution in [2.45, 2.75) is 12.6 Å². The first-order valence-electron chi connectivity index (χ1n) is 4.58. The Hall–Kier alpha value is -1.57. The Labute approximate surface area is 104 Å². The summed E-state index contributed by atoms with van der Waals surface area (Å²) in [5.74, 6) is -2.04. The predicted molar refractivity (Wildman–Crippen MR) is 54.2 cm³/mol. The fourth-order valence-electron chi connectivity index (χ4n) is 1.36. The van der Waals surface area contributed by atoms with Crippen molar-refractivity contribution in [2.75, 3.05) is 7.11 Å². The van der Waals surface area contributed by atoms with Crippen LogP contribution in [0.5, 0.6) is 0 Å². The van der Waals surface area contributed by atoms with E-state index in [0.29, 0.717) is 4.68 Å². The molecule has 1 aromatic heterocycles. The van der Waals surface area contributed by atoms with Gasteiger partial charge in [0.1, 0.15) is 6.42 Å². The number of aromatic nitrogens is 2. The molecule has 0 amide bonds. The van der Waals surface area contributed by atoms with Crippen molar-refractivity contribution in [3.8, 4) is 0 Å². The van der Waals surface area contributed by atoms with Crippen LogP contribution >= 0.6 is 11.6 Å². The highest BCUT2D eigenvalue weighted by Gasteiger charge is 2.41. The zero-order valence-corrected chi connectivity index (χ0v) is 10.1. The molecule has 0 aliphatic carbocycles. The van der Waals surface area contributed by atoms with Gasteiger partial charge in [0.2, 0.25) is 0 Å². The van der Waals surface area contributed by atoms with Crippen molar-refractivity contribution in [2.24, 2.45) is 7.05 Å². The summed E-state index contributed by atoms with van der Waals surface area (Å²) in [6.45, 7) is 0. The molecular weight excluding hydrogens is 277 g/mol. The quantitative estimate of drug-likeness (QED) is 0.483. The van der Waals surface area contributed by atoms with Gasteiger partial charge in [0.05, 0.1) is 12.7 Å². The average Bonchev–Trinajstić information content (AvgIpc) is 2.52. The van der Waals surface area contributed by atoms with E-state index in [9.17, 15) is 22.8 Å². The second-order valence-electron chi connectivity index (χ2n) is 3.31. The number of hydrogen-bond donors (Lipinski definition) is 0. The van der Waals surface area contributed by atoms with Gasteiger partial charge in [-0.15, -0.1) is 0 Å². The number of nitrogens with zero attached hydrogens (tertiary/aromatic N) is 2. The van der Waals surface area contributed by atoms with Gasteiger partial charge in [0.15, 0.2) is 16.6 Å². The van der Waals surface area contributed by atoms with Crippen LogP contribution < -0.4 is 0 Å². The lowest BCUT2D eigenvalue weighted by molar-refractivity contribution is -0.144. The Morgan fingerprint density at radius 1 is 1.44 bits per heavy atom. The normalized spacial score (nSPS) is 11.4. The number of methoxy groups -OCH3 is 1. The molecule has 0 unspecified atom stereocenters. The minimum absolute atomic E-state index is 0.451. The summed E-state index contributed by atoms with van der Waals surface area (Å²) in [5.41, 5.74) is -2.11. The van der Waals surface area contributed by atoms with Gasteiger partial charge >= 0.3 is 12.1 Å². The van der Waals surface area contributed by atoms with Crippen molar-refractivity contribution in [3.63, 3.8) is 0 Å². The lowest BCUT2D eigenvalue weighted by Gasteiger charge is -2.08. The van der Waals surface area contributed by atoms with E-state index < -0.39 is 40.8 Å². The topological polar surface area (TPSA) is 61.2 Å². The summed E-state index contributed by atoms with van der Waals surface area (Å²) in [6.07, 6.45) is -5.62. The van der Waals surface area contributed by atoms with Crippen LogP contribution in [0.3, 0.4) is 0 Å². The molecule has 1 heterocycles. The second-order valence-corrected chi connectivity index (χ2v) is 3.67. The Kier molecular flexibility index (Phi) is 4.00. The van der Waals surface area contributed by atoms with Crippen LogP contribution in [-0.4, -0.2) is 28.6 Å². The molecule has 0 N–H and O–H groups in total. The summed E-state index contributed by atoms with van der Waals surface area (Å²) in [7, 11) is 2.02. The number of carbonyl (C=O) groups is 2. The number of aryl methyl sites for hydroxylation is 1. The molecule has 18 heavy (non-hydrogen) atoms. The fourth-order valence-corrected chi connectivity index (χ4v) is 1.66. The molecule has 0 aromatic carbocycles. The van der Waals surface area contributed by atoms with Gasteiger partial charge < -0.3 is 4.74 Å². The van der Waals surface area contributed by atoms with Crippen LogP contribution in [0.1, 0.15) is 22.5 Å². The van der Waals surface area contributed by atoms with Gasteiger partial charge in [0.25, 0.3) is 0 Å². The molecule has 1 aromatic rings. The van der Waals surface area contributed by atoms with E-state index in [4.69, 9.17) is 11.6 Å². The predicted octanol–water partition coefficient (Wildman–Crippen LogP) is 1.84. The van der Waals surface area contributed by atoms with E-state index in [1.807, 2.05) is 0 Å². The number of Topliss-reactive ketones (excluding diaryl/α,β-unsaturated/α-hetero) is 1. The minimum atomic E-state index is -4.80. The first kappa shape index (κ1) is 14.5. The van der Waals surface area contributed by atoms with Crippen LogP contribution in [-0.2, 0) is 22.8 Å². The van der Waals surface area contributed by atoms with E-state index in [1.54, 1.807) is 0 Å². The summed E-state index contributed by atoms with van der Waals surface area (Å²) >= 11 is 5.47. The fraction of sp³-hybridized carbons (Fsp3) is 0.444. The Morgan fingerprint density at radius 2 is 2.00 bits per heavy atom. The molecular formula is C9H8ClF3N2O3. The number of halogens is 4. The first-order chi connectivity index (χ1) is 8.18. The molecule has 0 spiro atoms. The highest BCUT2D eigenvalue weighted by molar-refractivity contribution is 6.33. The van der Waals surface area contributed by atoms with Crippen LogP contribution in [0, 0.1) is 0 Å². The molecule has 5 nitrogen and oxygen atoms in total. The minimum Gasteiger partial charge on any atom is -0.469 e. The number of ether oxygens (including phenoxy) is 1. The van der Waals surface area contributed by atoms with Crippen molar-refractivity contribution in [1.82, 2.24) is 9.78 Å². The third kappa shape index (κ3) is 2.81. The summed E-state index contributed by atoms with van der Waals surface area (Å²) < 4.78 is 42.8. The number of rotatable bonds is 3. The monoisotopic (exact) mass is 284 g/mol. The van der Waals surface area contributed by atoms with Crippen molar-refractivity contribution in [3.05, 3.63) is 16.4 Å². The molecule has 1 rings (SSSR count). The van der Waals surface area contributed by atoms with Crippen molar-refractivity contribution < 1.29 is 27.5 Å². The molecule has 0 saturated carbocycles. The summed E-state index contributed by atoms with van der Waals surface area (Å²) in [5, 5.41) is 2.72. The lowest BCUT2D eigenvalue weighted by atomic mass is 10.1. The van der Waals surface area contributed by atoms with Gasteiger partial charge in [0, 0.05) is 7.05 Å². The van der Waals surface area contributed by atoms with Crippen LogP contribution in [0.4, 0.5) is 13.2 Å². The van der Waals surface area contributed by atoms with Gasteiger partial charge in [-0.25, -0.2) is 0 Å².